The van der Waals surface area contributed by atoms with Gasteiger partial charge in [-0.05, 0) is 37.0 Å². The van der Waals surface area contributed by atoms with Crippen LogP contribution in [-0.2, 0) is 20.9 Å². The van der Waals surface area contributed by atoms with Gasteiger partial charge in [0.25, 0.3) is 5.91 Å². The van der Waals surface area contributed by atoms with Crippen LogP contribution in [0.25, 0.3) is 0 Å². The topological polar surface area (TPSA) is 95.1 Å². The molecule has 1 aromatic rings. The molecule has 3 rings (SSSR count). The maximum absolute atomic E-state index is 12.2. The minimum absolute atomic E-state index is 0.0856. The monoisotopic (exact) mass is 401 g/mol. The molecule has 2 fully saturated rings. The Morgan fingerprint density at radius 2 is 2.17 bits per heavy atom. The van der Waals surface area contributed by atoms with Gasteiger partial charge in [-0.1, -0.05) is 19.1 Å². The van der Waals surface area contributed by atoms with Gasteiger partial charge >= 0.3 is 0 Å². The van der Waals surface area contributed by atoms with Crippen LogP contribution in [0.3, 0.4) is 0 Å². The van der Waals surface area contributed by atoms with Crippen molar-refractivity contribution in [3.63, 3.8) is 0 Å². The molecule has 8 heteroatoms. The smallest absolute Gasteiger partial charge is 0.253 e. The molecule has 2 atom stereocenters. The van der Waals surface area contributed by atoms with Crippen molar-refractivity contribution in [1.29, 1.82) is 0 Å². The Morgan fingerprint density at radius 1 is 1.31 bits per heavy atom. The van der Waals surface area contributed by atoms with Crippen LogP contribution in [-0.4, -0.2) is 61.6 Å². The molecule has 2 aliphatic heterocycles. The van der Waals surface area contributed by atoms with Crippen molar-refractivity contribution >= 4 is 23.5 Å². The summed E-state index contributed by atoms with van der Waals surface area (Å²) in [6, 6.07) is 7.95. The fourth-order valence-corrected chi connectivity index (χ4v) is 3.67. The number of benzene rings is 1. The van der Waals surface area contributed by atoms with E-state index in [9.17, 15) is 9.59 Å². The zero-order valence-corrected chi connectivity index (χ0v) is 17.2. The molecule has 2 aliphatic rings. The predicted molar refractivity (Wildman–Crippen MR) is 113 cm³/mol. The van der Waals surface area contributed by atoms with Crippen LogP contribution < -0.4 is 16.0 Å². The lowest BCUT2D eigenvalue weighted by Gasteiger charge is -2.19. The summed E-state index contributed by atoms with van der Waals surface area (Å²) in [5.74, 6) is 0.811. The molecule has 2 unspecified atom stereocenters. The molecule has 1 aromatic carbocycles. The molecule has 29 heavy (non-hydrogen) atoms. The van der Waals surface area contributed by atoms with Crippen molar-refractivity contribution in [3.05, 3.63) is 29.8 Å². The molecule has 0 spiro atoms. The lowest BCUT2D eigenvalue weighted by molar-refractivity contribution is -0.129. The Hall–Kier alpha value is -2.61. The lowest BCUT2D eigenvalue weighted by Crippen LogP contribution is -2.44. The second-order valence-electron chi connectivity index (χ2n) is 7.44. The van der Waals surface area contributed by atoms with Gasteiger partial charge in [-0.25, -0.2) is 0 Å². The van der Waals surface area contributed by atoms with Crippen molar-refractivity contribution < 1.29 is 14.3 Å². The molecule has 0 aromatic heterocycles. The molecule has 3 N–H and O–H groups in total. The average molecular weight is 402 g/mol. The summed E-state index contributed by atoms with van der Waals surface area (Å²) in [6.45, 7) is 4.61. The molecule has 8 nitrogen and oxygen atoms in total. The van der Waals surface area contributed by atoms with Crippen LogP contribution in [0.1, 0.15) is 38.2 Å². The van der Waals surface area contributed by atoms with Crippen LogP contribution in [0, 0.1) is 0 Å². The Bertz CT molecular complexity index is 746. The molecule has 2 amide bonds. The third-order valence-electron chi connectivity index (χ3n) is 5.28. The zero-order chi connectivity index (χ0) is 20.6. The van der Waals surface area contributed by atoms with Crippen molar-refractivity contribution in [3.8, 4) is 0 Å². The number of aliphatic imine (C=N–C) groups is 1. The second kappa shape index (κ2) is 10.2. The van der Waals surface area contributed by atoms with Crippen molar-refractivity contribution in [2.75, 3.05) is 32.1 Å². The van der Waals surface area contributed by atoms with Gasteiger partial charge in [0.1, 0.15) is 6.10 Å². The van der Waals surface area contributed by atoms with Gasteiger partial charge in [0.2, 0.25) is 5.91 Å². The molecule has 0 radical (unpaired) electrons. The summed E-state index contributed by atoms with van der Waals surface area (Å²) < 4.78 is 5.43. The number of amides is 2. The number of nitrogens with zero attached hydrogens (tertiary/aromatic N) is 2. The highest BCUT2D eigenvalue weighted by Crippen LogP contribution is 2.16. The molecule has 0 saturated carbocycles. The molecule has 2 heterocycles. The molecular formula is C21H31N5O3. The van der Waals surface area contributed by atoms with E-state index in [0.29, 0.717) is 32.1 Å². The van der Waals surface area contributed by atoms with Gasteiger partial charge in [-0.2, -0.15) is 0 Å². The van der Waals surface area contributed by atoms with Crippen molar-refractivity contribution in [2.45, 2.75) is 51.3 Å². The number of ether oxygens (including phenoxy) is 1. The normalized spacial score (nSPS) is 21.9. The van der Waals surface area contributed by atoms with E-state index < -0.39 is 0 Å². The highest BCUT2D eigenvalue weighted by Gasteiger charge is 2.26. The number of carbonyl (C=O) groups excluding carboxylic acids is 2. The number of likely N-dealkylation sites (tertiary alicyclic amines) is 1. The largest absolute Gasteiger partial charge is 0.368 e. The standard InChI is InChI=1S/C21H31N5O3/c1-3-19(27)26-10-9-17(14-26)25-21(22-2)23-13-15-6-4-7-16(12-15)24-20(28)18-8-5-11-29-18/h4,6-7,12,17-18H,3,5,8-11,13-14H2,1-2H3,(H,24,28)(H2,22,23,25). The molecule has 2 saturated heterocycles. The molecule has 158 valence electrons. The van der Waals surface area contributed by atoms with E-state index in [1.54, 1.807) is 7.05 Å². The van der Waals surface area contributed by atoms with Gasteiger partial charge in [-0.3, -0.25) is 14.6 Å². The summed E-state index contributed by atoms with van der Waals surface area (Å²) in [7, 11) is 1.73. The van der Waals surface area contributed by atoms with Crippen LogP contribution in [0.5, 0.6) is 0 Å². The third kappa shape index (κ3) is 5.93. The van der Waals surface area contributed by atoms with E-state index in [1.165, 1.54) is 0 Å². The molecule has 0 bridgehead atoms. The first-order valence-electron chi connectivity index (χ1n) is 10.4. The number of nitrogens with one attached hydrogen (secondary N) is 3. The van der Waals surface area contributed by atoms with E-state index in [-0.39, 0.29) is 24.0 Å². The predicted octanol–water partition coefficient (Wildman–Crippen LogP) is 1.48. The highest BCUT2D eigenvalue weighted by molar-refractivity contribution is 5.94. The second-order valence-corrected chi connectivity index (χ2v) is 7.44. The maximum atomic E-state index is 12.2. The van der Waals surface area contributed by atoms with Crippen molar-refractivity contribution in [1.82, 2.24) is 15.5 Å². The van der Waals surface area contributed by atoms with Crippen molar-refractivity contribution in [2.24, 2.45) is 4.99 Å². The first-order chi connectivity index (χ1) is 14.1. The number of carbonyl (C=O) groups is 2. The van der Waals surface area contributed by atoms with E-state index in [2.05, 4.69) is 20.9 Å². The Kier molecular flexibility index (Phi) is 7.46. The first-order valence-corrected chi connectivity index (χ1v) is 10.4. The van der Waals surface area contributed by atoms with Crippen LogP contribution in [0.2, 0.25) is 0 Å². The summed E-state index contributed by atoms with van der Waals surface area (Å²) in [5.41, 5.74) is 1.80. The SMILES string of the molecule is CCC(=O)N1CCC(NC(=NC)NCc2cccc(NC(=O)C3CCCO3)c2)C1. The van der Waals surface area contributed by atoms with Crippen LogP contribution in [0.15, 0.2) is 29.3 Å². The van der Waals surface area contributed by atoms with Gasteiger partial charge in [-0.15, -0.1) is 0 Å². The van der Waals surface area contributed by atoms with E-state index >= 15 is 0 Å². The minimum Gasteiger partial charge on any atom is -0.368 e. The zero-order valence-electron chi connectivity index (χ0n) is 17.2. The highest BCUT2D eigenvalue weighted by atomic mass is 16.5. The summed E-state index contributed by atoms with van der Waals surface area (Å²) in [4.78, 5) is 30.2. The van der Waals surface area contributed by atoms with E-state index in [1.807, 2.05) is 36.1 Å². The Balaban J connectivity index is 1.48. The van der Waals surface area contributed by atoms with Gasteiger partial charge in [0.15, 0.2) is 5.96 Å². The summed E-state index contributed by atoms with van der Waals surface area (Å²) in [6.07, 6.45) is 2.82. The van der Waals surface area contributed by atoms with Gasteiger partial charge in [0, 0.05) is 51.4 Å². The lowest BCUT2D eigenvalue weighted by atomic mass is 10.2. The van der Waals surface area contributed by atoms with Crippen LogP contribution in [0.4, 0.5) is 5.69 Å². The quantitative estimate of drug-likeness (QED) is 0.496. The third-order valence-corrected chi connectivity index (χ3v) is 5.28. The average Bonchev–Trinajstić information content (AvgIpc) is 3.43. The van der Waals surface area contributed by atoms with Gasteiger partial charge < -0.3 is 25.6 Å². The van der Waals surface area contributed by atoms with E-state index in [0.717, 1.165) is 37.1 Å². The van der Waals surface area contributed by atoms with E-state index in [4.69, 9.17) is 4.74 Å². The van der Waals surface area contributed by atoms with Crippen LogP contribution >= 0.6 is 0 Å². The number of guanidine groups is 1. The Labute approximate surface area is 172 Å². The fraction of sp³-hybridized carbons (Fsp3) is 0.571. The number of hydrogen-bond donors (Lipinski definition) is 3. The molecular weight excluding hydrogens is 370 g/mol. The fourth-order valence-electron chi connectivity index (χ4n) is 3.67. The maximum Gasteiger partial charge on any atom is 0.253 e. The number of hydrogen-bond acceptors (Lipinski definition) is 4. The Morgan fingerprint density at radius 3 is 2.90 bits per heavy atom. The number of anilines is 1. The molecule has 0 aliphatic carbocycles. The summed E-state index contributed by atoms with van der Waals surface area (Å²) >= 11 is 0. The first kappa shape index (κ1) is 21.1. The van der Waals surface area contributed by atoms with Gasteiger partial charge in [0.05, 0.1) is 0 Å². The minimum atomic E-state index is -0.342. The number of rotatable bonds is 6. The summed E-state index contributed by atoms with van der Waals surface area (Å²) in [5, 5.41) is 9.62.